The summed E-state index contributed by atoms with van der Waals surface area (Å²) in [5.74, 6) is -1.76. The highest BCUT2D eigenvalue weighted by molar-refractivity contribution is 8.00. The number of amides is 1. The van der Waals surface area contributed by atoms with Gasteiger partial charge in [0.1, 0.15) is 6.04 Å². The number of thioether (sulfide) groups is 1. The molecule has 14 heteroatoms. The fourth-order valence-electron chi connectivity index (χ4n) is 4.16. The lowest BCUT2D eigenvalue weighted by Crippen LogP contribution is -2.31. The van der Waals surface area contributed by atoms with E-state index < -0.39 is 28.4 Å². The number of aliphatic hydroxyl groups excluding tert-OH is 1. The molecule has 0 radical (unpaired) electrons. The van der Waals surface area contributed by atoms with Gasteiger partial charge in [-0.05, 0) is 37.6 Å². The fourth-order valence-corrected chi connectivity index (χ4v) is 6.99. The smallest absolute Gasteiger partial charge is 0.296 e. The van der Waals surface area contributed by atoms with Gasteiger partial charge in [-0.1, -0.05) is 59.0 Å². The number of ketones is 1. The van der Waals surface area contributed by atoms with Gasteiger partial charge in [0.15, 0.2) is 10.1 Å². The van der Waals surface area contributed by atoms with Crippen LogP contribution in [0.25, 0.3) is 0 Å². The predicted molar refractivity (Wildman–Crippen MR) is 150 cm³/mol. The van der Waals surface area contributed by atoms with Crippen molar-refractivity contribution < 1.29 is 19.6 Å². The van der Waals surface area contributed by atoms with Crippen LogP contribution in [0, 0.1) is 24.0 Å². The number of carbonyl (C=O) groups is 2. The number of Topliss-reactive ketones (excluding diaryl/α,β-unsaturated/α-hetero) is 1. The molecule has 4 aromatic rings. The zero-order valence-electron chi connectivity index (χ0n) is 20.3. The van der Waals surface area contributed by atoms with Crippen LogP contribution in [0.15, 0.2) is 64.2 Å². The van der Waals surface area contributed by atoms with Gasteiger partial charge in [-0.2, -0.15) is 0 Å². The first-order valence-corrected chi connectivity index (χ1v) is 14.3. The summed E-state index contributed by atoms with van der Waals surface area (Å²) in [6, 6.07) is 11.8. The van der Waals surface area contributed by atoms with Crippen LogP contribution in [-0.2, 0) is 10.5 Å². The monoisotopic (exact) mass is 599 g/mol. The van der Waals surface area contributed by atoms with Crippen LogP contribution in [-0.4, -0.2) is 36.9 Å². The number of para-hydroxylation sites is 1. The minimum atomic E-state index is -1.30. The van der Waals surface area contributed by atoms with E-state index >= 15 is 0 Å². The van der Waals surface area contributed by atoms with Crippen LogP contribution >= 0.6 is 46.0 Å². The number of benzene rings is 2. The Labute approximate surface area is 239 Å². The maximum Gasteiger partial charge on any atom is 0.296 e. The number of hydrogen-bond donors (Lipinski definition) is 1. The minimum Gasteiger partial charge on any atom is -0.503 e. The van der Waals surface area contributed by atoms with Crippen molar-refractivity contribution in [3.63, 3.8) is 0 Å². The molecule has 2 aromatic heterocycles. The number of hydrogen-bond acceptors (Lipinski definition) is 11. The summed E-state index contributed by atoms with van der Waals surface area (Å²) in [5.41, 5.74) is 0.920. The summed E-state index contributed by atoms with van der Waals surface area (Å²) < 4.78 is 0.530. The molecule has 0 spiro atoms. The first kappa shape index (κ1) is 26.9. The summed E-state index contributed by atoms with van der Waals surface area (Å²) in [7, 11) is 0. The highest BCUT2D eigenvalue weighted by Gasteiger charge is 2.48. The van der Waals surface area contributed by atoms with E-state index in [1.54, 1.807) is 32.0 Å². The van der Waals surface area contributed by atoms with Crippen LogP contribution < -0.4 is 4.90 Å². The van der Waals surface area contributed by atoms with Gasteiger partial charge in [0.05, 0.1) is 31.6 Å². The second kappa shape index (κ2) is 10.8. The summed E-state index contributed by atoms with van der Waals surface area (Å²) in [6.45, 7) is 3.39. The summed E-state index contributed by atoms with van der Waals surface area (Å²) in [5, 5.41) is 32.6. The molecule has 1 atom stereocenters. The van der Waals surface area contributed by atoms with Gasteiger partial charge in [-0.3, -0.25) is 24.6 Å². The van der Waals surface area contributed by atoms with Gasteiger partial charge < -0.3 is 5.11 Å². The standard InChI is InChI=1S/C25H18ClN5O5S3/c1-12-22(38-13(2)27-12)20(32)18-19(16-5-3-4-6-17(16)31(35)36)30(23(34)21(18)33)24-28-29-25(39-24)37-11-14-7-9-15(26)10-8-14/h3-10,19,33H,11H2,1-2H3. The lowest BCUT2D eigenvalue weighted by Gasteiger charge is -2.23. The molecule has 1 amide bonds. The summed E-state index contributed by atoms with van der Waals surface area (Å²) in [6.07, 6.45) is 0. The average molecular weight is 600 g/mol. The third-order valence-electron chi connectivity index (χ3n) is 5.87. The number of thiazole rings is 1. The molecule has 0 aliphatic carbocycles. The molecule has 3 heterocycles. The van der Waals surface area contributed by atoms with Gasteiger partial charge >= 0.3 is 0 Å². The van der Waals surface area contributed by atoms with E-state index in [2.05, 4.69) is 15.2 Å². The van der Waals surface area contributed by atoms with Crippen LogP contribution in [0.2, 0.25) is 5.02 Å². The molecule has 1 aliphatic heterocycles. The van der Waals surface area contributed by atoms with Gasteiger partial charge in [0.25, 0.3) is 11.6 Å². The van der Waals surface area contributed by atoms with E-state index in [-0.39, 0.29) is 26.8 Å². The highest BCUT2D eigenvalue weighted by atomic mass is 35.5. The van der Waals surface area contributed by atoms with Crippen molar-refractivity contribution in [3.05, 3.63) is 102 Å². The molecular weight excluding hydrogens is 582 g/mol. The molecule has 2 aromatic carbocycles. The van der Waals surface area contributed by atoms with Crippen molar-refractivity contribution >= 4 is 68.5 Å². The highest BCUT2D eigenvalue weighted by Crippen LogP contribution is 2.46. The fraction of sp³-hybridized carbons (Fsp3) is 0.160. The van der Waals surface area contributed by atoms with Crippen molar-refractivity contribution in [2.24, 2.45) is 0 Å². The molecule has 198 valence electrons. The number of rotatable bonds is 8. The Balaban J connectivity index is 1.56. The number of aromatic nitrogens is 3. The van der Waals surface area contributed by atoms with Crippen LogP contribution in [0.3, 0.4) is 0 Å². The zero-order valence-corrected chi connectivity index (χ0v) is 23.5. The third-order valence-corrected chi connectivity index (χ3v) is 9.32. The Hall–Kier alpha value is -3.65. The number of aryl methyl sites for hydroxylation is 2. The van der Waals surface area contributed by atoms with Crippen LogP contribution in [0.5, 0.6) is 0 Å². The first-order chi connectivity index (χ1) is 18.7. The van der Waals surface area contributed by atoms with Crippen molar-refractivity contribution in [2.45, 2.75) is 30.0 Å². The quantitative estimate of drug-likeness (QED) is 0.0818. The third kappa shape index (κ3) is 5.17. The Kier molecular flexibility index (Phi) is 7.49. The van der Waals surface area contributed by atoms with Gasteiger partial charge in [0, 0.05) is 16.8 Å². The molecule has 1 unspecified atom stereocenters. The van der Waals surface area contributed by atoms with Crippen molar-refractivity contribution in [1.82, 2.24) is 15.2 Å². The maximum atomic E-state index is 13.7. The van der Waals surface area contributed by atoms with E-state index in [4.69, 9.17) is 11.6 Å². The Bertz CT molecular complexity index is 1650. The van der Waals surface area contributed by atoms with E-state index in [9.17, 15) is 24.8 Å². The molecule has 0 saturated carbocycles. The second-order valence-electron chi connectivity index (χ2n) is 8.40. The Morgan fingerprint density at radius 3 is 2.54 bits per heavy atom. The number of carbonyl (C=O) groups excluding carboxylic acids is 2. The molecule has 0 bridgehead atoms. The normalized spacial score (nSPS) is 15.3. The van der Waals surface area contributed by atoms with E-state index in [1.165, 1.54) is 30.0 Å². The lowest BCUT2D eigenvalue weighted by molar-refractivity contribution is -0.385. The molecule has 0 saturated heterocycles. The molecular formula is C25H18ClN5O5S3. The molecule has 10 nitrogen and oxygen atoms in total. The second-order valence-corrected chi connectivity index (χ2v) is 12.2. The predicted octanol–water partition coefficient (Wildman–Crippen LogP) is 6.25. The van der Waals surface area contributed by atoms with Gasteiger partial charge in [-0.25, -0.2) is 4.98 Å². The lowest BCUT2D eigenvalue weighted by atomic mass is 9.94. The van der Waals surface area contributed by atoms with Crippen LogP contribution in [0.4, 0.5) is 10.8 Å². The molecule has 1 N–H and O–H groups in total. The van der Waals surface area contributed by atoms with Crippen molar-refractivity contribution in [1.29, 1.82) is 0 Å². The molecule has 0 fully saturated rings. The Morgan fingerprint density at radius 1 is 1.15 bits per heavy atom. The maximum absolute atomic E-state index is 13.7. The number of halogens is 1. The average Bonchev–Trinajstić information content (AvgIpc) is 3.59. The molecule has 1 aliphatic rings. The number of aliphatic hydroxyl groups is 1. The largest absolute Gasteiger partial charge is 0.503 e. The van der Waals surface area contributed by atoms with E-state index in [0.717, 1.165) is 33.1 Å². The van der Waals surface area contributed by atoms with Gasteiger partial charge in [0.2, 0.25) is 10.9 Å². The zero-order chi connectivity index (χ0) is 27.8. The number of nitrogens with zero attached hydrogens (tertiary/aromatic N) is 5. The Morgan fingerprint density at radius 2 is 1.87 bits per heavy atom. The summed E-state index contributed by atoms with van der Waals surface area (Å²) in [4.78, 5) is 44.1. The SMILES string of the molecule is Cc1nc(C)c(C(=O)C2=C(O)C(=O)N(c3nnc(SCc4ccc(Cl)cc4)s3)C2c2ccccc2[N+](=O)[O-])s1. The van der Waals surface area contributed by atoms with Crippen LogP contribution in [0.1, 0.15) is 37.5 Å². The van der Waals surface area contributed by atoms with Gasteiger partial charge in [-0.15, -0.1) is 21.5 Å². The number of nitro benzene ring substituents is 1. The number of anilines is 1. The first-order valence-electron chi connectivity index (χ1n) is 11.3. The molecule has 5 rings (SSSR count). The molecule has 39 heavy (non-hydrogen) atoms. The van der Waals surface area contributed by atoms with E-state index in [1.807, 2.05) is 12.1 Å². The topological polar surface area (TPSA) is 139 Å². The number of nitro groups is 1. The summed E-state index contributed by atoms with van der Waals surface area (Å²) >= 11 is 9.53. The van der Waals surface area contributed by atoms with Crippen molar-refractivity contribution in [2.75, 3.05) is 4.90 Å². The minimum absolute atomic E-state index is 0.0627. The van der Waals surface area contributed by atoms with Crippen molar-refractivity contribution in [3.8, 4) is 0 Å². The van der Waals surface area contributed by atoms with E-state index in [0.29, 0.717) is 25.8 Å².